The Labute approximate surface area is 225 Å². The highest BCUT2D eigenvalue weighted by Gasteiger charge is 2.52. The Hall–Kier alpha value is -3.18. The molecule has 2 saturated carbocycles. The van der Waals surface area contributed by atoms with Crippen LogP contribution < -0.4 is 10.1 Å². The number of pyridine rings is 1. The number of piperidine rings is 3. The molecule has 1 N–H and O–H groups in total. The SMILES string of the molecule is O=C(N[C@H]1CN2CCC1CC2)c1ccc([C@]2(c3ccc(OCc4ccccn4)cc3)C[C@@H]3CC[C@H]2C3)cc1. The lowest BCUT2D eigenvalue weighted by Gasteiger charge is -2.45. The maximum Gasteiger partial charge on any atom is 0.251 e. The van der Waals surface area contributed by atoms with E-state index < -0.39 is 0 Å². The number of rotatable bonds is 7. The first-order valence-corrected chi connectivity index (χ1v) is 14.4. The van der Waals surface area contributed by atoms with Crippen LogP contribution in [-0.2, 0) is 12.0 Å². The number of amides is 1. The van der Waals surface area contributed by atoms with Gasteiger partial charge in [-0.3, -0.25) is 9.78 Å². The number of benzene rings is 2. The molecule has 38 heavy (non-hydrogen) atoms. The number of hydrogen-bond donors (Lipinski definition) is 1. The molecule has 2 aromatic carbocycles. The van der Waals surface area contributed by atoms with E-state index in [4.69, 9.17) is 4.74 Å². The summed E-state index contributed by atoms with van der Waals surface area (Å²) in [5.41, 5.74) is 4.46. The summed E-state index contributed by atoms with van der Waals surface area (Å²) in [6.45, 7) is 3.85. The maximum absolute atomic E-state index is 13.2. The van der Waals surface area contributed by atoms with Gasteiger partial charge in [0.1, 0.15) is 12.4 Å². The van der Waals surface area contributed by atoms with Crippen molar-refractivity contribution in [1.29, 1.82) is 0 Å². The standard InChI is InChI=1S/C33H37N3O2/c37-32(35-31-21-36-17-14-24(31)15-18-36)25-5-8-26(9-6-25)33(20-23-4-7-28(33)19-23)27-10-12-30(13-11-27)38-22-29-3-1-2-16-34-29/h1-3,5-6,8-13,16,23-24,28,31H,4,7,14-15,17-22H2,(H,35,37)/t23-,28+,31+,33+/m1/s1. The van der Waals surface area contributed by atoms with Gasteiger partial charge in [0.25, 0.3) is 5.91 Å². The van der Waals surface area contributed by atoms with Crippen molar-refractivity contribution in [3.05, 3.63) is 95.3 Å². The minimum absolute atomic E-state index is 0.0211. The van der Waals surface area contributed by atoms with Crippen LogP contribution >= 0.6 is 0 Å². The summed E-state index contributed by atoms with van der Waals surface area (Å²) in [6, 6.07) is 23.5. The Balaban J connectivity index is 1.10. The largest absolute Gasteiger partial charge is 0.487 e. The summed E-state index contributed by atoms with van der Waals surface area (Å²) in [5.74, 6) is 3.03. The van der Waals surface area contributed by atoms with Crippen LogP contribution in [0.1, 0.15) is 65.7 Å². The molecule has 4 bridgehead atoms. The van der Waals surface area contributed by atoms with Gasteiger partial charge in [0, 0.05) is 29.8 Å². The highest BCUT2D eigenvalue weighted by Crippen LogP contribution is 2.60. The van der Waals surface area contributed by atoms with Gasteiger partial charge < -0.3 is 15.0 Å². The summed E-state index contributed by atoms with van der Waals surface area (Å²) >= 11 is 0. The number of fused-ring (bicyclic) bond motifs is 5. The Morgan fingerprint density at radius 1 is 0.947 bits per heavy atom. The lowest BCUT2D eigenvalue weighted by atomic mass is 9.64. The molecule has 0 unspecified atom stereocenters. The molecule has 5 nitrogen and oxygen atoms in total. The molecular weight excluding hydrogens is 470 g/mol. The predicted molar refractivity (Wildman–Crippen MR) is 148 cm³/mol. The topological polar surface area (TPSA) is 54.5 Å². The number of nitrogens with zero attached hydrogens (tertiary/aromatic N) is 2. The van der Waals surface area contributed by atoms with Crippen LogP contribution in [-0.4, -0.2) is 41.5 Å². The average molecular weight is 508 g/mol. The van der Waals surface area contributed by atoms with Crippen LogP contribution in [0.3, 0.4) is 0 Å². The van der Waals surface area contributed by atoms with Crippen LogP contribution in [0.15, 0.2) is 72.9 Å². The first-order valence-electron chi connectivity index (χ1n) is 14.4. The fourth-order valence-electron chi connectivity index (χ4n) is 7.99. The van der Waals surface area contributed by atoms with Crippen molar-refractivity contribution in [3.8, 4) is 5.75 Å². The van der Waals surface area contributed by atoms with Gasteiger partial charge in [-0.15, -0.1) is 0 Å². The van der Waals surface area contributed by atoms with Gasteiger partial charge in [0.15, 0.2) is 0 Å². The van der Waals surface area contributed by atoms with E-state index in [0.717, 1.165) is 29.5 Å². The molecule has 3 aliphatic heterocycles. The molecule has 0 radical (unpaired) electrons. The van der Waals surface area contributed by atoms with E-state index in [0.29, 0.717) is 24.5 Å². The Morgan fingerprint density at radius 3 is 2.32 bits per heavy atom. The molecule has 196 valence electrons. The zero-order valence-electron chi connectivity index (χ0n) is 22.0. The van der Waals surface area contributed by atoms with E-state index in [9.17, 15) is 4.79 Å². The second kappa shape index (κ2) is 9.85. The van der Waals surface area contributed by atoms with Gasteiger partial charge in [0.05, 0.1) is 5.69 Å². The van der Waals surface area contributed by atoms with Crippen molar-refractivity contribution in [3.63, 3.8) is 0 Å². The highest BCUT2D eigenvalue weighted by molar-refractivity contribution is 5.94. The lowest BCUT2D eigenvalue weighted by Crippen LogP contribution is -2.57. The van der Waals surface area contributed by atoms with Crippen LogP contribution in [0.5, 0.6) is 5.75 Å². The molecule has 5 fully saturated rings. The third-order valence-electron chi connectivity index (χ3n) is 9.97. The fourth-order valence-corrected chi connectivity index (χ4v) is 7.99. The van der Waals surface area contributed by atoms with E-state index >= 15 is 0 Å². The van der Waals surface area contributed by atoms with Crippen LogP contribution in [0.2, 0.25) is 0 Å². The minimum Gasteiger partial charge on any atom is -0.487 e. The molecule has 5 heteroatoms. The normalized spacial score (nSPS) is 31.3. The van der Waals surface area contributed by atoms with Crippen LogP contribution in [0.25, 0.3) is 0 Å². The molecule has 0 spiro atoms. The quantitative estimate of drug-likeness (QED) is 0.453. The van der Waals surface area contributed by atoms with E-state index in [1.54, 1.807) is 6.20 Å². The maximum atomic E-state index is 13.2. The summed E-state index contributed by atoms with van der Waals surface area (Å²) < 4.78 is 6.02. The first-order chi connectivity index (χ1) is 18.7. The molecule has 2 aliphatic carbocycles. The van der Waals surface area contributed by atoms with E-state index in [1.807, 2.05) is 18.2 Å². The molecule has 8 rings (SSSR count). The molecule has 1 aromatic heterocycles. The number of aromatic nitrogens is 1. The summed E-state index contributed by atoms with van der Waals surface area (Å²) in [7, 11) is 0. The number of hydrogen-bond acceptors (Lipinski definition) is 4. The van der Waals surface area contributed by atoms with Crippen molar-refractivity contribution in [2.24, 2.45) is 17.8 Å². The van der Waals surface area contributed by atoms with E-state index in [-0.39, 0.29) is 11.3 Å². The summed E-state index contributed by atoms with van der Waals surface area (Å²) in [5, 5.41) is 3.35. The van der Waals surface area contributed by atoms with Crippen molar-refractivity contribution in [2.45, 2.75) is 56.6 Å². The molecule has 1 amide bonds. The van der Waals surface area contributed by atoms with Gasteiger partial charge in [-0.25, -0.2) is 0 Å². The number of carbonyl (C=O) groups excluding carboxylic acids is 1. The van der Waals surface area contributed by atoms with Gasteiger partial charge in [-0.05, 0) is 110 Å². The predicted octanol–water partition coefficient (Wildman–Crippen LogP) is 5.59. The van der Waals surface area contributed by atoms with Crippen molar-refractivity contribution in [2.75, 3.05) is 19.6 Å². The number of carbonyl (C=O) groups is 1. The Bertz CT molecular complexity index is 1270. The summed E-state index contributed by atoms with van der Waals surface area (Å²) in [4.78, 5) is 20.0. The van der Waals surface area contributed by atoms with Crippen LogP contribution in [0, 0.1) is 17.8 Å². The molecule has 5 aliphatic rings. The highest BCUT2D eigenvalue weighted by atomic mass is 16.5. The Kier molecular flexibility index (Phi) is 6.19. The van der Waals surface area contributed by atoms with Crippen LogP contribution in [0.4, 0.5) is 0 Å². The van der Waals surface area contributed by atoms with Gasteiger partial charge in [0.2, 0.25) is 0 Å². The van der Waals surface area contributed by atoms with E-state index in [2.05, 4.69) is 63.7 Å². The number of nitrogens with one attached hydrogen (secondary N) is 1. The fraction of sp³-hybridized carbons (Fsp3) is 0.455. The zero-order valence-corrected chi connectivity index (χ0v) is 22.0. The average Bonchev–Trinajstić information content (AvgIpc) is 3.60. The molecule has 3 aromatic rings. The van der Waals surface area contributed by atoms with Gasteiger partial charge in [-0.2, -0.15) is 0 Å². The lowest BCUT2D eigenvalue weighted by molar-refractivity contribution is 0.0620. The molecule has 4 atom stereocenters. The smallest absolute Gasteiger partial charge is 0.251 e. The Morgan fingerprint density at radius 2 is 1.71 bits per heavy atom. The third kappa shape index (κ3) is 4.31. The van der Waals surface area contributed by atoms with Crippen molar-refractivity contribution < 1.29 is 9.53 Å². The third-order valence-corrected chi connectivity index (χ3v) is 9.97. The second-order valence-electron chi connectivity index (χ2n) is 12.0. The summed E-state index contributed by atoms with van der Waals surface area (Å²) in [6.07, 6.45) is 9.34. The van der Waals surface area contributed by atoms with E-state index in [1.165, 1.54) is 62.7 Å². The molecular formula is C33H37N3O2. The molecule has 3 saturated heterocycles. The minimum atomic E-state index is 0.0211. The van der Waals surface area contributed by atoms with Crippen molar-refractivity contribution >= 4 is 5.91 Å². The van der Waals surface area contributed by atoms with Crippen molar-refractivity contribution in [1.82, 2.24) is 15.2 Å². The second-order valence-corrected chi connectivity index (χ2v) is 12.0. The molecule has 4 heterocycles. The van der Waals surface area contributed by atoms with Gasteiger partial charge >= 0.3 is 0 Å². The monoisotopic (exact) mass is 507 g/mol. The first kappa shape index (κ1) is 23.9. The zero-order chi connectivity index (χ0) is 25.5. The number of ether oxygens (including phenoxy) is 1. The van der Waals surface area contributed by atoms with Gasteiger partial charge in [-0.1, -0.05) is 36.8 Å².